The molecule has 1 atom stereocenters. The zero-order valence-electron chi connectivity index (χ0n) is 11.0. The summed E-state index contributed by atoms with van der Waals surface area (Å²) in [6.45, 7) is 2.40. The van der Waals surface area contributed by atoms with Crippen molar-refractivity contribution in [3.05, 3.63) is 48.3 Å². The minimum atomic E-state index is -0.100. The number of carbonyl (C=O) groups is 1. The Morgan fingerprint density at radius 3 is 2.74 bits per heavy atom. The molecule has 100 valence electrons. The van der Waals surface area contributed by atoms with Gasteiger partial charge in [-0.05, 0) is 37.3 Å². The summed E-state index contributed by atoms with van der Waals surface area (Å²) in [7, 11) is 1.61. The van der Waals surface area contributed by atoms with Crippen molar-refractivity contribution in [2.75, 3.05) is 13.7 Å². The first kappa shape index (κ1) is 13.3. The normalized spacial score (nSPS) is 12.1. The lowest BCUT2D eigenvalue weighted by Gasteiger charge is -2.12. The summed E-state index contributed by atoms with van der Waals surface area (Å²) in [6, 6.07) is 9.14. The first-order chi connectivity index (χ1) is 9.20. The number of benzene rings is 1. The molecule has 0 saturated carbocycles. The SMILES string of the molecule is COC[C@H](C)NC(=O)c1ccc(-n2cccn2)cc1. The van der Waals surface area contributed by atoms with Crippen LogP contribution in [0.4, 0.5) is 0 Å². The molecule has 0 unspecified atom stereocenters. The summed E-state index contributed by atoms with van der Waals surface area (Å²) < 4.78 is 6.73. The van der Waals surface area contributed by atoms with E-state index < -0.39 is 0 Å². The largest absolute Gasteiger partial charge is 0.383 e. The number of nitrogens with zero attached hydrogens (tertiary/aromatic N) is 2. The predicted molar refractivity (Wildman–Crippen MR) is 72.4 cm³/mol. The van der Waals surface area contributed by atoms with Crippen LogP contribution in [0.25, 0.3) is 5.69 Å². The van der Waals surface area contributed by atoms with Crippen LogP contribution in [0.2, 0.25) is 0 Å². The van der Waals surface area contributed by atoms with Crippen molar-refractivity contribution in [3.8, 4) is 5.69 Å². The molecule has 0 aliphatic carbocycles. The van der Waals surface area contributed by atoms with E-state index in [-0.39, 0.29) is 11.9 Å². The average Bonchev–Trinajstić information content (AvgIpc) is 2.93. The quantitative estimate of drug-likeness (QED) is 0.888. The van der Waals surface area contributed by atoms with Crippen molar-refractivity contribution < 1.29 is 9.53 Å². The fourth-order valence-electron chi connectivity index (χ4n) is 1.79. The Morgan fingerprint density at radius 1 is 1.42 bits per heavy atom. The van der Waals surface area contributed by atoms with Gasteiger partial charge in [0.05, 0.1) is 12.3 Å². The first-order valence-corrected chi connectivity index (χ1v) is 6.10. The molecule has 1 N–H and O–H groups in total. The van der Waals surface area contributed by atoms with Crippen LogP contribution in [0.15, 0.2) is 42.7 Å². The molecule has 0 spiro atoms. The number of nitrogens with one attached hydrogen (secondary N) is 1. The Hall–Kier alpha value is -2.14. The van der Waals surface area contributed by atoms with Crippen LogP contribution >= 0.6 is 0 Å². The summed E-state index contributed by atoms with van der Waals surface area (Å²) >= 11 is 0. The van der Waals surface area contributed by atoms with Crippen molar-refractivity contribution in [1.29, 1.82) is 0 Å². The highest BCUT2D eigenvalue weighted by Crippen LogP contribution is 2.08. The lowest BCUT2D eigenvalue weighted by molar-refractivity contribution is 0.0905. The van der Waals surface area contributed by atoms with E-state index in [2.05, 4.69) is 10.4 Å². The molecule has 5 heteroatoms. The number of ether oxygens (including phenoxy) is 1. The number of aromatic nitrogens is 2. The second kappa shape index (κ2) is 6.15. The van der Waals surface area contributed by atoms with Crippen LogP contribution in [-0.4, -0.2) is 35.4 Å². The van der Waals surface area contributed by atoms with Gasteiger partial charge in [0.25, 0.3) is 5.91 Å². The Balaban J connectivity index is 2.04. The lowest BCUT2D eigenvalue weighted by atomic mass is 10.2. The molecule has 0 aliphatic rings. The number of amides is 1. The molecule has 1 heterocycles. The molecular weight excluding hydrogens is 242 g/mol. The first-order valence-electron chi connectivity index (χ1n) is 6.10. The van der Waals surface area contributed by atoms with Gasteiger partial charge < -0.3 is 10.1 Å². The van der Waals surface area contributed by atoms with Gasteiger partial charge in [-0.25, -0.2) is 4.68 Å². The maximum Gasteiger partial charge on any atom is 0.251 e. The van der Waals surface area contributed by atoms with E-state index in [1.54, 1.807) is 30.1 Å². The molecule has 1 amide bonds. The van der Waals surface area contributed by atoms with Crippen molar-refractivity contribution >= 4 is 5.91 Å². The van der Waals surface area contributed by atoms with Gasteiger partial charge in [-0.15, -0.1) is 0 Å². The summed E-state index contributed by atoms with van der Waals surface area (Å²) in [5.74, 6) is -0.100. The van der Waals surface area contributed by atoms with Gasteiger partial charge in [-0.1, -0.05) is 0 Å². The molecule has 0 bridgehead atoms. The molecule has 0 saturated heterocycles. The van der Waals surface area contributed by atoms with E-state index in [0.717, 1.165) is 5.69 Å². The van der Waals surface area contributed by atoms with Crippen molar-refractivity contribution in [2.45, 2.75) is 13.0 Å². The Kier molecular flexibility index (Phi) is 4.30. The van der Waals surface area contributed by atoms with Gasteiger partial charge in [0.1, 0.15) is 0 Å². The summed E-state index contributed by atoms with van der Waals surface area (Å²) in [5, 5.41) is 7.00. The van der Waals surface area contributed by atoms with E-state index in [1.165, 1.54) is 0 Å². The highest BCUT2D eigenvalue weighted by molar-refractivity contribution is 5.94. The van der Waals surface area contributed by atoms with E-state index in [9.17, 15) is 4.79 Å². The third-order valence-corrected chi connectivity index (χ3v) is 2.69. The highest BCUT2D eigenvalue weighted by atomic mass is 16.5. The number of rotatable bonds is 5. The maximum absolute atomic E-state index is 11.9. The zero-order valence-corrected chi connectivity index (χ0v) is 11.0. The average molecular weight is 259 g/mol. The second-order valence-electron chi connectivity index (χ2n) is 4.33. The Bertz CT molecular complexity index is 520. The van der Waals surface area contributed by atoms with Crippen LogP contribution in [0, 0.1) is 0 Å². The van der Waals surface area contributed by atoms with E-state index in [0.29, 0.717) is 12.2 Å². The third-order valence-electron chi connectivity index (χ3n) is 2.69. The van der Waals surface area contributed by atoms with Gasteiger partial charge in [-0.2, -0.15) is 5.10 Å². The molecule has 19 heavy (non-hydrogen) atoms. The minimum absolute atomic E-state index is 0.0108. The molecule has 1 aromatic heterocycles. The molecule has 5 nitrogen and oxygen atoms in total. The number of hydrogen-bond donors (Lipinski definition) is 1. The molecule has 0 aliphatic heterocycles. The second-order valence-corrected chi connectivity index (χ2v) is 4.33. The minimum Gasteiger partial charge on any atom is -0.383 e. The van der Waals surface area contributed by atoms with Gasteiger partial charge in [-0.3, -0.25) is 4.79 Å². The van der Waals surface area contributed by atoms with Gasteiger partial charge in [0, 0.05) is 31.1 Å². The van der Waals surface area contributed by atoms with Crippen molar-refractivity contribution in [2.24, 2.45) is 0 Å². The predicted octanol–water partition coefficient (Wildman–Crippen LogP) is 1.64. The smallest absolute Gasteiger partial charge is 0.251 e. The Labute approximate surface area is 112 Å². The van der Waals surface area contributed by atoms with Crippen LogP contribution in [0.1, 0.15) is 17.3 Å². The van der Waals surface area contributed by atoms with Crippen LogP contribution in [-0.2, 0) is 4.74 Å². The van der Waals surface area contributed by atoms with Gasteiger partial charge in [0.15, 0.2) is 0 Å². The van der Waals surface area contributed by atoms with Gasteiger partial charge in [0.2, 0.25) is 0 Å². The fourth-order valence-corrected chi connectivity index (χ4v) is 1.79. The number of methoxy groups -OCH3 is 1. The van der Waals surface area contributed by atoms with Crippen LogP contribution < -0.4 is 5.32 Å². The van der Waals surface area contributed by atoms with E-state index >= 15 is 0 Å². The third kappa shape index (κ3) is 3.42. The lowest BCUT2D eigenvalue weighted by Crippen LogP contribution is -2.35. The Morgan fingerprint density at radius 2 is 2.16 bits per heavy atom. The number of carbonyl (C=O) groups excluding carboxylic acids is 1. The molecule has 1 aromatic carbocycles. The van der Waals surface area contributed by atoms with Crippen molar-refractivity contribution in [1.82, 2.24) is 15.1 Å². The molecule has 0 radical (unpaired) electrons. The van der Waals surface area contributed by atoms with Crippen LogP contribution in [0.5, 0.6) is 0 Å². The van der Waals surface area contributed by atoms with Crippen molar-refractivity contribution in [3.63, 3.8) is 0 Å². The summed E-state index contributed by atoms with van der Waals surface area (Å²) in [5.41, 5.74) is 1.55. The monoisotopic (exact) mass is 259 g/mol. The van der Waals surface area contributed by atoms with E-state index in [1.807, 2.05) is 31.3 Å². The van der Waals surface area contributed by atoms with Crippen LogP contribution in [0.3, 0.4) is 0 Å². The topological polar surface area (TPSA) is 56.1 Å². The molecule has 2 rings (SSSR count). The summed E-state index contributed by atoms with van der Waals surface area (Å²) in [6.07, 6.45) is 3.57. The zero-order chi connectivity index (χ0) is 13.7. The summed E-state index contributed by atoms with van der Waals surface area (Å²) in [4.78, 5) is 11.9. The van der Waals surface area contributed by atoms with Gasteiger partial charge >= 0.3 is 0 Å². The fraction of sp³-hybridized carbons (Fsp3) is 0.286. The van der Waals surface area contributed by atoms with E-state index in [4.69, 9.17) is 4.74 Å². The highest BCUT2D eigenvalue weighted by Gasteiger charge is 2.09. The molecule has 0 fully saturated rings. The molecular formula is C14H17N3O2. The molecule has 2 aromatic rings. The number of hydrogen-bond acceptors (Lipinski definition) is 3. The maximum atomic E-state index is 11.9. The standard InChI is InChI=1S/C14H17N3O2/c1-11(10-19-2)16-14(18)12-4-6-13(7-5-12)17-9-3-8-15-17/h3-9,11H,10H2,1-2H3,(H,16,18)/t11-/m0/s1.